The number of hydrogen-bond donors (Lipinski definition) is 1. The molecule has 15 heavy (non-hydrogen) atoms. The van der Waals surface area contributed by atoms with E-state index >= 15 is 0 Å². The first-order valence-corrected chi connectivity index (χ1v) is 5.76. The molecule has 1 aliphatic rings. The Morgan fingerprint density at radius 3 is 3.13 bits per heavy atom. The summed E-state index contributed by atoms with van der Waals surface area (Å²) in [5.41, 5.74) is 5.99. The van der Waals surface area contributed by atoms with E-state index in [4.69, 9.17) is 10.2 Å². The molecule has 3 heteroatoms. The molecule has 2 N–H and O–H groups in total. The van der Waals surface area contributed by atoms with Crippen molar-refractivity contribution >= 4 is 0 Å². The molecule has 2 atom stereocenters. The van der Waals surface area contributed by atoms with E-state index in [9.17, 15) is 0 Å². The highest BCUT2D eigenvalue weighted by molar-refractivity contribution is 4.98. The highest BCUT2D eigenvalue weighted by Crippen LogP contribution is 2.15. The summed E-state index contributed by atoms with van der Waals surface area (Å²) in [5.74, 6) is 1.70. The normalized spacial score (nSPS) is 28.1. The molecular formula is C12H20N2O. The van der Waals surface area contributed by atoms with E-state index in [1.807, 2.05) is 12.1 Å². The quantitative estimate of drug-likeness (QED) is 0.818. The summed E-state index contributed by atoms with van der Waals surface area (Å²) in [5, 5.41) is 0. The maximum Gasteiger partial charge on any atom is 0.105 e. The third kappa shape index (κ3) is 2.83. The van der Waals surface area contributed by atoms with Gasteiger partial charge in [0.25, 0.3) is 0 Å². The van der Waals surface area contributed by atoms with Gasteiger partial charge in [-0.2, -0.15) is 0 Å². The fourth-order valence-electron chi connectivity index (χ4n) is 2.18. The fraction of sp³-hybridized carbons (Fsp3) is 0.667. The van der Waals surface area contributed by atoms with Crippen molar-refractivity contribution in [3.05, 3.63) is 24.2 Å². The van der Waals surface area contributed by atoms with Crippen molar-refractivity contribution in [2.24, 2.45) is 11.7 Å². The molecule has 1 aromatic heterocycles. The molecule has 1 aromatic rings. The number of piperidine rings is 1. The molecule has 0 aliphatic carbocycles. The van der Waals surface area contributed by atoms with Gasteiger partial charge in [-0.15, -0.1) is 0 Å². The Balaban J connectivity index is 1.76. The number of rotatable bonds is 3. The smallest absolute Gasteiger partial charge is 0.105 e. The molecule has 84 valence electrons. The summed E-state index contributed by atoms with van der Waals surface area (Å²) >= 11 is 0. The van der Waals surface area contributed by atoms with Crippen LogP contribution in [-0.2, 0) is 6.42 Å². The van der Waals surface area contributed by atoms with Gasteiger partial charge in [-0.1, -0.05) is 6.92 Å². The zero-order valence-electron chi connectivity index (χ0n) is 9.36. The molecule has 2 unspecified atom stereocenters. The zero-order valence-corrected chi connectivity index (χ0v) is 9.36. The predicted octanol–water partition coefficient (Wildman–Crippen LogP) is 1.49. The highest BCUT2D eigenvalue weighted by Gasteiger charge is 2.22. The van der Waals surface area contributed by atoms with Gasteiger partial charge >= 0.3 is 0 Å². The molecule has 3 nitrogen and oxygen atoms in total. The maximum atomic E-state index is 5.99. The van der Waals surface area contributed by atoms with Crippen molar-refractivity contribution in [3.8, 4) is 0 Å². The van der Waals surface area contributed by atoms with Crippen LogP contribution in [0.3, 0.4) is 0 Å². The third-order valence-corrected chi connectivity index (χ3v) is 3.31. The van der Waals surface area contributed by atoms with Crippen LogP contribution in [0.25, 0.3) is 0 Å². The van der Waals surface area contributed by atoms with Crippen molar-refractivity contribution in [1.82, 2.24) is 4.90 Å². The van der Waals surface area contributed by atoms with Gasteiger partial charge in [-0.25, -0.2) is 0 Å². The first kappa shape index (κ1) is 10.7. The number of nitrogens with two attached hydrogens (primary N) is 1. The van der Waals surface area contributed by atoms with E-state index in [1.165, 1.54) is 0 Å². The molecule has 0 aromatic carbocycles. The SMILES string of the molecule is CC1CN(CCc2ccco2)CCC1N. The van der Waals surface area contributed by atoms with Crippen LogP contribution < -0.4 is 5.73 Å². The molecular weight excluding hydrogens is 188 g/mol. The monoisotopic (exact) mass is 208 g/mol. The van der Waals surface area contributed by atoms with Crippen LogP contribution in [0.2, 0.25) is 0 Å². The second-order valence-corrected chi connectivity index (χ2v) is 4.56. The molecule has 2 rings (SSSR count). The van der Waals surface area contributed by atoms with Crippen LogP contribution in [0.4, 0.5) is 0 Å². The molecule has 0 bridgehead atoms. The van der Waals surface area contributed by atoms with Crippen molar-refractivity contribution < 1.29 is 4.42 Å². The zero-order chi connectivity index (χ0) is 10.7. The van der Waals surface area contributed by atoms with E-state index in [1.54, 1.807) is 6.26 Å². The highest BCUT2D eigenvalue weighted by atomic mass is 16.3. The second-order valence-electron chi connectivity index (χ2n) is 4.56. The van der Waals surface area contributed by atoms with E-state index in [0.717, 1.165) is 38.2 Å². The lowest BCUT2D eigenvalue weighted by Crippen LogP contribution is -2.46. The molecule has 0 radical (unpaired) electrons. The van der Waals surface area contributed by atoms with Gasteiger partial charge < -0.3 is 15.1 Å². The van der Waals surface area contributed by atoms with Gasteiger partial charge in [-0.05, 0) is 31.0 Å². The lowest BCUT2D eigenvalue weighted by atomic mass is 9.95. The molecule has 0 saturated carbocycles. The Kier molecular flexibility index (Phi) is 3.44. The maximum absolute atomic E-state index is 5.99. The summed E-state index contributed by atoms with van der Waals surface area (Å²) in [4.78, 5) is 2.48. The van der Waals surface area contributed by atoms with Crippen LogP contribution in [0.1, 0.15) is 19.1 Å². The second kappa shape index (κ2) is 4.81. The topological polar surface area (TPSA) is 42.4 Å². The van der Waals surface area contributed by atoms with Gasteiger partial charge in [-0.3, -0.25) is 0 Å². The Morgan fingerprint density at radius 1 is 1.60 bits per heavy atom. The minimum Gasteiger partial charge on any atom is -0.469 e. The standard InChI is InChI=1S/C12H20N2O/c1-10-9-14(7-5-12(10)13)6-4-11-3-2-8-15-11/h2-3,8,10,12H,4-7,9,13H2,1H3. The average molecular weight is 208 g/mol. The van der Waals surface area contributed by atoms with Gasteiger partial charge in [0.05, 0.1) is 6.26 Å². The molecule has 2 heterocycles. The van der Waals surface area contributed by atoms with Gasteiger partial charge in [0.2, 0.25) is 0 Å². The summed E-state index contributed by atoms with van der Waals surface area (Å²) in [6.07, 6.45) is 3.87. The molecule has 1 aliphatic heterocycles. The van der Waals surface area contributed by atoms with Crippen LogP contribution in [0.5, 0.6) is 0 Å². The minimum atomic E-state index is 0.393. The van der Waals surface area contributed by atoms with Gasteiger partial charge in [0.1, 0.15) is 5.76 Å². The average Bonchev–Trinajstić information content (AvgIpc) is 2.73. The summed E-state index contributed by atoms with van der Waals surface area (Å²) < 4.78 is 5.32. The molecule has 1 fully saturated rings. The van der Waals surface area contributed by atoms with Crippen LogP contribution in [0, 0.1) is 5.92 Å². The fourth-order valence-corrected chi connectivity index (χ4v) is 2.18. The van der Waals surface area contributed by atoms with Crippen molar-refractivity contribution in [2.75, 3.05) is 19.6 Å². The summed E-state index contributed by atoms with van der Waals surface area (Å²) in [7, 11) is 0. The number of hydrogen-bond acceptors (Lipinski definition) is 3. The lowest BCUT2D eigenvalue weighted by Gasteiger charge is -2.34. The van der Waals surface area contributed by atoms with E-state index in [0.29, 0.717) is 12.0 Å². The van der Waals surface area contributed by atoms with Crippen LogP contribution in [-0.4, -0.2) is 30.6 Å². The Labute approximate surface area is 91.2 Å². The molecule has 1 saturated heterocycles. The van der Waals surface area contributed by atoms with Gasteiger partial charge in [0, 0.05) is 25.6 Å². The first-order valence-electron chi connectivity index (χ1n) is 5.76. The number of nitrogens with zero attached hydrogens (tertiary/aromatic N) is 1. The Hall–Kier alpha value is -0.800. The summed E-state index contributed by atoms with van der Waals surface area (Å²) in [6.45, 7) is 5.59. The van der Waals surface area contributed by atoms with Crippen molar-refractivity contribution in [2.45, 2.75) is 25.8 Å². The van der Waals surface area contributed by atoms with E-state index < -0.39 is 0 Å². The Bertz CT molecular complexity index is 284. The van der Waals surface area contributed by atoms with Crippen LogP contribution >= 0.6 is 0 Å². The summed E-state index contributed by atoms with van der Waals surface area (Å²) in [6, 6.07) is 4.38. The van der Waals surface area contributed by atoms with Gasteiger partial charge in [0.15, 0.2) is 0 Å². The van der Waals surface area contributed by atoms with Crippen molar-refractivity contribution in [1.29, 1.82) is 0 Å². The van der Waals surface area contributed by atoms with Crippen LogP contribution in [0.15, 0.2) is 22.8 Å². The number of likely N-dealkylation sites (tertiary alicyclic amines) is 1. The largest absolute Gasteiger partial charge is 0.469 e. The van der Waals surface area contributed by atoms with E-state index in [2.05, 4.69) is 11.8 Å². The molecule has 0 amide bonds. The first-order chi connectivity index (χ1) is 7.25. The Morgan fingerprint density at radius 2 is 2.47 bits per heavy atom. The molecule has 0 spiro atoms. The third-order valence-electron chi connectivity index (χ3n) is 3.31. The number of furan rings is 1. The van der Waals surface area contributed by atoms with E-state index in [-0.39, 0.29) is 0 Å². The minimum absolute atomic E-state index is 0.393. The van der Waals surface area contributed by atoms with Crippen molar-refractivity contribution in [3.63, 3.8) is 0 Å². The lowest BCUT2D eigenvalue weighted by molar-refractivity contribution is 0.164. The predicted molar refractivity (Wildman–Crippen MR) is 60.6 cm³/mol.